The first-order valence-electron chi connectivity index (χ1n) is 4.24. The third kappa shape index (κ3) is 2.87. The Hall–Kier alpha value is -1.36. The van der Waals surface area contributed by atoms with Crippen molar-refractivity contribution in [3.63, 3.8) is 0 Å². The number of hydrogen-bond acceptors (Lipinski definition) is 3. The van der Waals surface area contributed by atoms with Gasteiger partial charge in [-0.1, -0.05) is 0 Å². The summed E-state index contributed by atoms with van der Waals surface area (Å²) in [6.07, 6.45) is 1.65. The van der Waals surface area contributed by atoms with Gasteiger partial charge in [0.25, 0.3) is 11.1 Å². The minimum absolute atomic E-state index is 0.184. The number of aryl methyl sites for hydroxylation is 1. The van der Waals surface area contributed by atoms with Crippen LogP contribution in [0.2, 0.25) is 0 Å². The number of nitrogens with zero attached hydrogens (tertiary/aromatic N) is 1. The van der Waals surface area contributed by atoms with Crippen molar-refractivity contribution in [2.45, 2.75) is 19.4 Å². The highest BCUT2D eigenvalue weighted by atomic mass is 16.1. The van der Waals surface area contributed by atoms with Gasteiger partial charge in [0, 0.05) is 18.7 Å². The minimum Gasteiger partial charge on any atom is -0.330 e. The van der Waals surface area contributed by atoms with Crippen LogP contribution in [-0.2, 0) is 6.54 Å². The maximum Gasteiger partial charge on any atom is 0.265 e. The van der Waals surface area contributed by atoms with Gasteiger partial charge in [0.2, 0.25) is 0 Å². The largest absolute Gasteiger partial charge is 0.330 e. The van der Waals surface area contributed by atoms with Gasteiger partial charge in [-0.05, 0) is 19.4 Å². The van der Waals surface area contributed by atoms with E-state index in [4.69, 9.17) is 5.73 Å². The molecule has 0 aliphatic carbocycles. The highest BCUT2D eigenvalue weighted by Gasteiger charge is 1.94. The van der Waals surface area contributed by atoms with Crippen molar-refractivity contribution >= 4 is 0 Å². The van der Waals surface area contributed by atoms with E-state index in [1.54, 1.807) is 0 Å². The summed E-state index contributed by atoms with van der Waals surface area (Å²) in [4.78, 5) is 22.0. The molecule has 1 aromatic rings. The third-order valence-electron chi connectivity index (χ3n) is 1.72. The fraction of sp³-hybridized carbons (Fsp3) is 0.500. The van der Waals surface area contributed by atoms with E-state index >= 15 is 0 Å². The molecule has 0 spiro atoms. The standard InChI is InChI=1S/C8H13N3O2/c9-5-1-2-6-11-8(13)4-3-7(12)10-11/h3-4H,1-2,5-6,9H2,(H,10,12). The normalized spacial score (nSPS) is 10.2. The van der Waals surface area contributed by atoms with Crippen LogP contribution in [0.4, 0.5) is 0 Å². The minimum atomic E-state index is -0.257. The molecule has 0 atom stereocenters. The molecule has 0 saturated carbocycles. The van der Waals surface area contributed by atoms with Crippen molar-refractivity contribution in [2.24, 2.45) is 5.73 Å². The van der Waals surface area contributed by atoms with Gasteiger partial charge in [-0.15, -0.1) is 0 Å². The molecule has 0 amide bonds. The van der Waals surface area contributed by atoms with E-state index < -0.39 is 0 Å². The van der Waals surface area contributed by atoms with Crippen LogP contribution in [0.15, 0.2) is 21.7 Å². The lowest BCUT2D eigenvalue weighted by Gasteiger charge is -2.02. The summed E-state index contributed by atoms with van der Waals surface area (Å²) in [6, 6.07) is 2.49. The summed E-state index contributed by atoms with van der Waals surface area (Å²) in [7, 11) is 0. The van der Waals surface area contributed by atoms with Crippen LogP contribution in [0.3, 0.4) is 0 Å². The summed E-state index contributed by atoms with van der Waals surface area (Å²) in [5, 5.41) is 2.44. The average Bonchev–Trinajstić information content (AvgIpc) is 2.11. The molecular formula is C8H13N3O2. The first-order chi connectivity index (χ1) is 6.24. The molecule has 0 unspecified atom stereocenters. The summed E-state index contributed by atoms with van der Waals surface area (Å²) < 4.78 is 1.30. The molecule has 5 nitrogen and oxygen atoms in total. The highest BCUT2D eigenvalue weighted by molar-refractivity contribution is 4.85. The summed E-state index contributed by atoms with van der Waals surface area (Å²) >= 11 is 0. The number of aromatic nitrogens is 2. The Morgan fingerprint density at radius 1 is 1.31 bits per heavy atom. The summed E-state index contributed by atoms with van der Waals surface area (Å²) in [5.41, 5.74) is 4.86. The van der Waals surface area contributed by atoms with Crippen molar-refractivity contribution in [2.75, 3.05) is 6.54 Å². The van der Waals surface area contributed by atoms with Gasteiger partial charge < -0.3 is 5.73 Å². The van der Waals surface area contributed by atoms with Crippen molar-refractivity contribution in [3.05, 3.63) is 32.8 Å². The van der Waals surface area contributed by atoms with Crippen molar-refractivity contribution < 1.29 is 0 Å². The van der Waals surface area contributed by atoms with E-state index in [1.807, 2.05) is 0 Å². The fourth-order valence-corrected chi connectivity index (χ4v) is 1.04. The molecule has 13 heavy (non-hydrogen) atoms. The van der Waals surface area contributed by atoms with Crippen LogP contribution in [0.25, 0.3) is 0 Å². The van der Waals surface area contributed by atoms with Crippen molar-refractivity contribution in [1.82, 2.24) is 9.78 Å². The zero-order chi connectivity index (χ0) is 9.68. The SMILES string of the molecule is NCCCCn1[nH]c(=O)ccc1=O. The van der Waals surface area contributed by atoms with Gasteiger partial charge in [-0.3, -0.25) is 19.4 Å². The Labute approximate surface area is 75.2 Å². The van der Waals surface area contributed by atoms with Gasteiger partial charge in [0.15, 0.2) is 0 Å². The van der Waals surface area contributed by atoms with E-state index in [9.17, 15) is 9.59 Å². The van der Waals surface area contributed by atoms with Crippen molar-refractivity contribution in [3.8, 4) is 0 Å². The molecule has 0 radical (unpaired) electrons. The predicted molar refractivity (Wildman–Crippen MR) is 49.6 cm³/mol. The van der Waals surface area contributed by atoms with E-state index in [-0.39, 0.29) is 11.1 Å². The molecule has 0 fully saturated rings. The number of rotatable bonds is 4. The van der Waals surface area contributed by atoms with Gasteiger partial charge >= 0.3 is 0 Å². The highest BCUT2D eigenvalue weighted by Crippen LogP contribution is 1.86. The maximum atomic E-state index is 11.1. The van der Waals surface area contributed by atoms with Crippen LogP contribution in [-0.4, -0.2) is 16.3 Å². The summed E-state index contributed by atoms with van der Waals surface area (Å²) in [5.74, 6) is 0. The van der Waals surface area contributed by atoms with E-state index in [0.717, 1.165) is 12.8 Å². The van der Waals surface area contributed by atoms with Crippen LogP contribution >= 0.6 is 0 Å². The second kappa shape index (κ2) is 4.61. The Balaban J connectivity index is 2.70. The Morgan fingerprint density at radius 3 is 2.77 bits per heavy atom. The molecule has 0 aliphatic heterocycles. The molecule has 3 N–H and O–H groups in total. The maximum absolute atomic E-state index is 11.1. The first-order valence-corrected chi connectivity index (χ1v) is 4.24. The number of unbranched alkanes of at least 4 members (excludes halogenated alkanes) is 1. The van der Waals surface area contributed by atoms with Gasteiger partial charge in [0.1, 0.15) is 0 Å². The second-order valence-electron chi connectivity index (χ2n) is 2.80. The average molecular weight is 183 g/mol. The Kier molecular flexibility index (Phi) is 3.45. The number of nitrogens with one attached hydrogen (secondary N) is 1. The van der Waals surface area contributed by atoms with E-state index in [1.165, 1.54) is 16.8 Å². The summed E-state index contributed by atoms with van der Waals surface area (Å²) in [6.45, 7) is 1.12. The molecule has 1 rings (SSSR count). The van der Waals surface area contributed by atoms with Crippen LogP contribution in [0.1, 0.15) is 12.8 Å². The van der Waals surface area contributed by atoms with E-state index in [0.29, 0.717) is 13.1 Å². The molecule has 0 aromatic carbocycles. The monoisotopic (exact) mass is 183 g/mol. The Bertz CT molecular complexity index is 366. The number of aromatic amines is 1. The second-order valence-corrected chi connectivity index (χ2v) is 2.80. The number of hydrogen-bond donors (Lipinski definition) is 2. The quantitative estimate of drug-likeness (QED) is 0.604. The lowest BCUT2D eigenvalue weighted by atomic mass is 10.3. The predicted octanol–water partition coefficient (Wildman–Crippen LogP) is -0.725. The first kappa shape index (κ1) is 9.73. The zero-order valence-electron chi connectivity index (χ0n) is 7.32. The molecule has 72 valence electrons. The molecular weight excluding hydrogens is 170 g/mol. The zero-order valence-corrected chi connectivity index (χ0v) is 7.32. The molecule has 0 bridgehead atoms. The smallest absolute Gasteiger partial charge is 0.265 e. The molecule has 0 saturated heterocycles. The van der Waals surface area contributed by atoms with Gasteiger partial charge in [0.05, 0.1) is 0 Å². The van der Waals surface area contributed by atoms with Crippen LogP contribution in [0.5, 0.6) is 0 Å². The lowest BCUT2D eigenvalue weighted by molar-refractivity contribution is 0.529. The van der Waals surface area contributed by atoms with Gasteiger partial charge in [-0.25, -0.2) is 0 Å². The number of H-pyrrole nitrogens is 1. The van der Waals surface area contributed by atoms with Crippen molar-refractivity contribution in [1.29, 1.82) is 0 Å². The molecule has 5 heteroatoms. The van der Waals surface area contributed by atoms with Crippen LogP contribution in [0, 0.1) is 0 Å². The van der Waals surface area contributed by atoms with Crippen LogP contribution < -0.4 is 16.9 Å². The topological polar surface area (TPSA) is 80.9 Å². The third-order valence-corrected chi connectivity index (χ3v) is 1.72. The van der Waals surface area contributed by atoms with Gasteiger partial charge in [-0.2, -0.15) is 0 Å². The molecule has 0 aliphatic rings. The number of nitrogens with two attached hydrogens (primary N) is 1. The fourth-order valence-electron chi connectivity index (χ4n) is 1.04. The molecule has 1 aromatic heterocycles. The molecule has 1 heterocycles. The Morgan fingerprint density at radius 2 is 2.08 bits per heavy atom. The lowest BCUT2D eigenvalue weighted by Crippen LogP contribution is -2.28. The van der Waals surface area contributed by atoms with E-state index in [2.05, 4.69) is 5.10 Å².